The quantitative estimate of drug-likeness (QED) is 0.556. The zero-order chi connectivity index (χ0) is 15.1. The van der Waals surface area contributed by atoms with Crippen molar-refractivity contribution in [2.75, 3.05) is 25.2 Å². The van der Waals surface area contributed by atoms with Crippen LogP contribution in [0, 0.1) is 0 Å². The molecule has 110 valence electrons. The minimum atomic E-state index is 0.182. The minimum Gasteiger partial charge on any atom is -0.508 e. The van der Waals surface area contributed by atoms with Gasteiger partial charge in [0.2, 0.25) is 0 Å². The maximum absolute atomic E-state index is 9.23. The number of benzene rings is 2. The van der Waals surface area contributed by atoms with Crippen LogP contribution in [0.5, 0.6) is 5.75 Å². The number of azo groups is 1. The fourth-order valence-electron chi connectivity index (χ4n) is 1.62. The zero-order valence-electron chi connectivity index (χ0n) is 11.7. The van der Waals surface area contributed by atoms with E-state index in [0.717, 1.165) is 5.69 Å². The summed E-state index contributed by atoms with van der Waals surface area (Å²) >= 11 is 0. The fraction of sp³-hybridized carbons (Fsp3) is 0.143. The molecule has 0 unspecified atom stereocenters. The Morgan fingerprint density at radius 3 is 2.29 bits per heavy atom. The molecule has 2 rings (SSSR count). The SMILES string of the molecule is CONc1ccc(NOC)c(N=Nc2ccc(O)cc2)c1. The summed E-state index contributed by atoms with van der Waals surface area (Å²) in [6, 6.07) is 11.8. The number of nitrogens with one attached hydrogen (secondary N) is 2. The lowest BCUT2D eigenvalue weighted by atomic mass is 10.2. The molecule has 0 spiro atoms. The van der Waals surface area contributed by atoms with Gasteiger partial charge in [-0.2, -0.15) is 5.11 Å². The van der Waals surface area contributed by atoms with Gasteiger partial charge in [0.15, 0.2) is 0 Å². The summed E-state index contributed by atoms with van der Waals surface area (Å²) in [7, 11) is 3.04. The Morgan fingerprint density at radius 1 is 0.905 bits per heavy atom. The fourth-order valence-corrected chi connectivity index (χ4v) is 1.62. The maximum atomic E-state index is 9.23. The molecule has 0 aliphatic carbocycles. The molecule has 0 radical (unpaired) electrons. The van der Waals surface area contributed by atoms with E-state index in [9.17, 15) is 5.11 Å². The Labute approximate surface area is 122 Å². The van der Waals surface area contributed by atoms with Gasteiger partial charge in [-0.3, -0.25) is 20.6 Å². The Bertz CT molecular complexity index is 614. The highest BCUT2D eigenvalue weighted by molar-refractivity contribution is 5.69. The summed E-state index contributed by atoms with van der Waals surface area (Å²) in [5.41, 5.74) is 8.05. The molecule has 0 fully saturated rings. The monoisotopic (exact) mass is 288 g/mol. The number of hydrogen-bond acceptors (Lipinski definition) is 7. The van der Waals surface area contributed by atoms with Crippen molar-refractivity contribution in [1.29, 1.82) is 0 Å². The topological polar surface area (TPSA) is 87.5 Å². The molecule has 0 saturated heterocycles. The van der Waals surface area contributed by atoms with Gasteiger partial charge < -0.3 is 5.11 Å². The van der Waals surface area contributed by atoms with Crippen LogP contribution >= 0.6 is 0 Å². The van der Waals surface area contributed by atoms with E-state index >= 15 is 0 Å². The van der Waals surface area contributed by atoms with Crippen LogP contribution in [0.15, 0.2) is 52.7 Å². The predicted octanol–water partition coefficient (Wildman–Crippen LogP) is 3.75. The second kappa shape index (κ2) is 7.22. The first kappa shape index (κ1) is 14.8. The van der Waals surface area contributed by atoms with Crippen molar-refractivity contribution in [3.05, 3.63) is 42.5 Å². The third kappa shape index (κ3) is 4.16. The van der Waals surface area contributed by atoms with Gasteiger partial charge in [0.05, 0.1) is 31.3 Å². The van der Waals surface area contributed by atoms with Gasteiger partial charge in [-0.1, -0.05) is 0 Å². The van der Waals surface area contributed by atoms with Crippen molar-refractivity contribution in [2.24, 2.45) is 10.2 Å². The van der Waals surface area contributed by atoms with E-state index in [1.165, 1.54) is 14.2 Å². The van der Waals surface area contributed by atoms with Crippen molar-refractivity contribution in [1.82, 2.24) is 0 Å². The molecular formula is C14H16N4O3. The average Bonchev–Trinajstić information content (AvgIpc) is 2.49. The van der Waals surface area contributed by atoms with Crippen molar-refractivity contribution < 1.29 is 14.8 Å². The third-order valence-electron chi connectivity index (χ3n) is 2.55. The molecule has 0 aromatic heterocycles. The van der Waals surface area contributed by atoms with Crippen molar-refractivity contribution in [3.8, 4) is 5.75 Å². The summed E-state index contributed by atoms with van der Waals surface area (Å²) in [4.78, 5) is 9.76. The molecule has 0 atom stereocenters. The first-order valence-corrected chi connectivity index (χ1v) is 6.15. The highest BCUT2D eigenvalue weighted by atomic mass is 16.6. The van der Waals surface area contributed by atoms with Gasteiger partial charge in [-0.05, 0) is 42.5 Å². The Balaban J connectivity index is 2.26. The molecule has 2 aromatic carbocycles. The van der Waals surface area contributed by atoms with Crippen molar-refractivity contribution >= 4 is 22.7 Å². The molecule has 7 heteroatoms. The number of phenolic OH excluding ortho intramolecular Hbond substituents is 1. The number of nitrogens with zero attached hydrogens (tertiary/aromatic N) is 2. The number of aromatic hydroxyl groups is 1. The molecule has 3 N–H and O–H groups in total. The van der Waals surface area contributed by atoms with Crippen LogP contribution in [0.4, 0.5) is 22.7 Å². The second-order valence-corrected chi connectivity index (χ2v) is 4.06. The Kier molecular flexibility index (Phi) is 5.08. The van der Waals surface area contributed by atoms with Crippen LogP contribution in [0.25, 0.3) is 0 Å². The number of phenols is 1. The minimum absolute atomic E-state index is 0.182. The molecule has 0 heterocycles. The summed E-state index contributed by atoms with van der Waals surface area (Å²) < 4.78 is 0. The van der Waals surface area contributed by atoms with E-state index in [2.05, 4.69) is 21.2 Å². The van der Waals surface area contributed by atoms with Gasteiger partial charge in [0.25, 0.3) is 0 Å². The second-order valence-electron chi connectivity index (χ2n) is 4.06. The van der Waals surface area contributed by atoms with E-state index in [4.69, 9.17) is 9.68 Å². The molecule has 0 saturated carbocycles. The van der Waals surface area contributed by atoms with Crippen LogP contribution in [-0.2, 0) is 9.68 Å². The van der Waals surface area contributed by atoms with E-state index < -0.39 is 0 Å². The normalized spacial score (nSPS) is 10.8. The van der Waals surface area contributed by atoms with E-state index in [1.807, 2.05) is 6.07 Å². The van der Waals surface area contributed by atoms with E-state index in [-0.39, 0.29) is 5.75 Å². The number of rotatable bonds is 6. The average molecular weight is 288 g/mol. The van der Waals surface area contributed by atoms with Gasteiger partial charge >= 0.3 is 0 Å². The van der Waals surface area contributed by atoms with E-state index in [1.54, 1.807) is 36.4 Å². The van der Waals surface area contributed by atoms with Gasteiger partial charge in [0, 0.05) is 0 Å². The Hall–Kier alpha value is -2.64. The largest absolute Gasteiger partial charge is 0.508 e. The summed E-state index contributed by atoms with van der Waals surface area (Å²) in [6.07, 6.45) is 0. The Morgan fingerprint density at radius 2 is 1.62 bits per heavy atom. The molecule has 7 nitrogen and oxygen atoms in total. The lowest BCUT2D eigenvalue weighted by molar-refractivity contribution is 0.270. The van der Waals surface area contributed by atoms with Gasteiger partial charge in [-0.15, -0.1) is 5.11 Å². The van der Waals surface area contributed by atoms with Gasteiger partial charge in [-0.25, -0.2) is 0 Å². The summed E-state index contributed by atoms with van der Waals surface area (Å²) in [5, 5.41) is 17.5. The maximum Gasteiger partial charge on any atom is 0.115 e. The molecule has 2 aromatic rings. The van der Waals surface area contributed by atoms with Gasteiger partial charge in [0.1, 0.15) is 11.4 Å². The molecular weight excluding hydrogens is 272 g/mol. The van der Waals surface area contributed by atoms with Crippen LogP contribution in [-0.4, -0.2) is 19.3 Å². The first-order chi connectivity index (χ1) is 10.2. The summed E-state index contributed by atoms with van der Waals surface area (Å²) in [6.45, 7) is 0. The lowest BCUT2D eigenvalue weighted by Gasteiger charge is -2.09. The third-order valence-corrected chi connectivity index (χ3v) is 2.55. The van der Waals surface area contributed by atoms with Crippen LogP contribution in [0.1, 0.15) is 0 Å². The molecule has 0 aliphatic heterocycles. The van der Waals surface area contributed by atoms with Crippen LogP contribution in [0.2, 0.25) is 0 Å². The summed E-state index contributed by atoms with van der Waals surface area (Å²) in [5.74, 6) is 0.182. The van der Waals surface area contributed by atoms with Crippen molar-refractivity contribution in [3.63, 3.8) is 0 Å². The zero-order valence-corrected chi connectivity index (χ0v) is 11.7. The predicted molar refractivity (Wildman–Crippen MR) is 80.0 cm³/mol. The molecule has 0 aliphatic rings. The first-order valence-electron chi connectivity index (χ1n) is 6.15. The van der Waals surface area contributed by atoms with Crippen LogP contribution in [0.3, 0.4) is 0 Å². The highest BCUT2D eigenvalue weighted by Crippen LogP contribution is 2.30. The van der Waals surface area contributed by atoms with Crippen molar-refractivity contribution in [2.45, 2.75) is 0 Å². The smallest absolute Gasteiger partial charge is 0.115 e. The standard InChI is InChI=1S/C14H16N4O3/c1-20-17-11-5-8-13(18-21-2)14(9-11)16-15-10-3-6-12(19)7-4-10/h3-9,17-19H,1-2H3. The molecule has 21 heavy (non-hydrogen) atoms. The lowest BCUT2D eigenvalue weighted by Crippen LogP contribution is -1.98. The number of anilines is 2. The highest BCUT2D eigenvalue weighted by Gasteiger charge is 2.03. The molecule has 0 bridgehead atoms. The van der Waals surface area contributed by atoms with E-state index in [0.29, 0.717) is 17.1 Å². The van der Waals surface area contributed by atoms with Crippen LogP contribution < -0.4 is 11.0 Å². The molecule has 0 amide bonds. The number of hydrogen-bond donors (Lipinski definition) is 3.